The number of phenolic OH excluding ortho intramolecular Hbond substituents is 1. The third-order valence-corrected chi connectivity index (χ3v) is 5.07. The highest BCUT2D eigenvalue weighted by atomic mass is 16.5. The summed E-state index contributed by atoms with van der Waals surface area (Å²) < 4.78 is 5.29. The lowest BCUT2D eigenvalue weighted by Gasteiger charge is -2.22. The van der Waals surface area contributed by atoms with Crippen LogP contribution in [0.5, 0.6) is 5.75 Å². The molecule has 4 nitrogen and oxygen atoms in total. The van der Waals surface area contributed by atoms with Crippen LogP contribution in [-0.2, 0) is 11.8 Å². The Bertz CT molecular complexity index is 1150. The van der Waals surface area contributed by atoms with Crippen LogP contribution in [0.3, 0.4) is 0 Å². The maximum atomic E-state index is 11.2. The Hall–Kier alpha value is -3.14. The molecule has 0 unspecified atom stereocenters. The molecule has 0 atom stereocenters. The number of fused-ring (bicyclic) bond motifs is 1. The largest absolute Gasteiger partial charge is 0.507 e. The number of aromatic nitrogens is 2. The average Bonchev–Trinajstić information content (AvgIpc) is 3.16. The maximum Gasteiger partial charge on any atom is 0.226 e. The smallest absolute Gasteiger partial charge is 0.226 e. The first-order valence-corrected chi connectivity index (χ1v) is 9.57. The van der Waals surface area contributed by atoms with Gasteiger partial charge < -0.3 is 9.63 Å². The Morgan fingerprint density at radius 2 is 1.64 bits per heavy atom. The van der Waals surface area contributed by atoms with Gasteiger partial charge in [0, 0.05) is 12.0 Å². The molecule has 4 rings (SSSR count). The minimum atomic E-state index is -0.0981. The Morgan fingerprint density at radius 3 is 2.36 bits per heavy atom. The van der Waals surface area contributed by atoms with Crippen LogP contribution in [0.15, 0.2) is 59.1 Å². The van der Waals surface area contributed by atoms with E-state index in [0.29, 0.717) is 23.7 Å². The van der Waals surface area contributed by atoms with E-state index in [4.69, 9.17) is 4.52 Å². The van der Waals surface area contributed by atoms with E-state index in [0.717, 1.165) is 27.5 Å². The topological polar surface area (TPSA) is 59.2 Å². The minimum absolute atomic E-state index is 0.0981. The number of phenols is 1. The summed E-state index contributed by atoms with van der Waals surface area (Å²) in [7, 11) is 0. The Balaban J connectivity index is 2.02. The van der Waals surface area contributed by atoms with Crippen molar-refractivity contribution in [1.82, 2.24) is 10.1 Å². The number of benzene rings is 3. The summed E-state index contributed by atoms with van der Waals surface area (Å²) in [5.74, 6) is 1.15. The maximum absolute atomic E-state index is 11.2. The standard InChI is InChI=1S/C24H24N2O2/c1-5-21-25-23(26-28-21)20-14-16(24(2,3)4)13-19(22(20)27)18-12-8-10-15-9-6-7-11-17(15)18/h6-14,27H,5H2,1-4H3. The first-order chi connectivity index (χ1) is 13.4. The Labute approximate surface area is 164 Å². The van der Waals surface area contributed by atoms with Gasteiger partial charge >= 0.3 is 0 Å². The third-order valence-electron chi connectivity index (χ3n) is 5.07. The van der Waals surface area contributed by atoms with E-state index in [1.54, 1.807) is 0 Å². The van der Waals surface area contributed by atoms with Crippen molar-refractivity contribution < 1.29 is 9.63 Å². The van der Waals surface area contributed by atoms with Crippen molar-refractivity contribution in [3.63, 3.8) is 0 Å². The molecule has 0 saturated heterocycles. The average molecular weight is 372 g/mol. The quantitative estimate of drug-likeness (QED) is 0.470. The van der Waals surface area contributed by atoms with Gasteiger partial charge in [-0.1, -0.05) is 75.3 Å². The Kier molecular flexibility index (Phi) is 4.42. The predicted molar refractivity (Wildman–Crippen MR) is 112 cm³/mol. The van der Waals surface area contributed by atoms with Crippen molar-refractivity contribution in [2.24, 2.45) is 0 Å². The fourth-order valence-electron chi connectivity index (χ4n) is 3.41. The van der Waals surface area contributed by atoms with Gasteiger partial charge in [-0.25, -0.2) is 0 Å². The molecule has 4 aromatic rings. The summed E-state index contributed by atoms with van der Waals surface area (Å²) in [6.45, 7) is 8.43. The summed E-state index contributed by atoms with van der Waals surface area (Å²) in [5, 5.41) is 17.5. The highest BCUT2D eigenvalue weighted by Gasteiger charge is 2.23. The summed E-state index contributed by atoms with van der Waals surface area (Å²) in [5.41, 5.74) is 3.37. The zero-order chi connectivity index (χ0) is 19.9. The minimum Gasteiger partial charge on any atom is -0.507 e. The summed E-state index contributed by atoms with van der Waals surface area (Å²) >= 11 is 0. The van der Waals surface area contributed by atoms with Crippen molar-refractivity contribution in [1.29, 1.82) is 0 Å². The second-order valence-corrected chi connectivity index (χ2v) is 8.06. The van der Waals surface area contributed by atoms with E-state index in [2.05, 4.69) is 55.2 Å². The van der Waals surface area contributed by atoms with Gasteiger partial charge in [0.1, 0.15) is 5.75 Å². The zero-order valence-electron chi connectivity index (χ0n) is 16.7. The summed E-state index contributed by atoms with van der Waals surface area (Å²) in [6.07, 6.45) is 0.656. The molecule has 1 aromatic heterocycles. The molecule has 1 N–H and O–H groups in total. The molecule has 3 aromatic carbocycles. The number of aromatic hydroxyl groups is 1. The normalized spacial score (nSPS) is 11.9. The van der Waals surface area contributed by atoms with Crippen molar-refractivity contribution >= 4 is 10.8 Å². The monoisotopic (exact) mass is 372 g/mol. The van der Waals surface area contributed by atoms with Gasteiger partial charge in [-0.15, -0.1) is 0 Å². The molecule has 0 aliphatic rings. The highest BCUT2D eigenvalue weighted by molar-refractivity contribution is 5.99. The summed E-state index contributed by atoms with van der Waals surface area (Å²) in [4.78, 5) is 4.44. The van der Waals surface area contributed by atoms with Gasteiger partial charge in [0.15, 0.2) is 0 Å². The van der Waals surface area contributed by atoms with E-state index >= 15 is 0 Å². The third kappa shape index (κ3) is 3.15. The number of nitrogens with zero attached hydrogens (tertiary/aromatic N) is 2. The molecule has 0 aliphatic carbocycles. The molecule has 28 heavy (non-hydrogen) atoms. The second-order valence-electron chi connectivity index (χ2n) is 8.06. The van der Waals surface area contributed by atoms with Crippen molar-refractivity contribution in [2.75, 3.05) is 0 Å². The van der Waals surface area contributed by atoms with Gasteiger partial charge in [-0.05, 0) is 39.4 Å². The van der Waals surface area contributed by atoms with E-state index in [1.807, 2.05) is 37.3 Å². The SMILES string of the molecule is CCc1nc(-c2cc(C(C)(C)C)cc(-c3cccc4ccccc34)c2O)no1. The van der Waals surface area contributed by atoms with Gasteiger partial charge in [0.05, 0.1) is 5.56 Å². The molecule has 0 bridgehead atoms. The lowest BCUT2D eigenvalue weighted by atomic mass is 9.83. The first kappa shape index (κ1) is 18.2. The van der Waals surface area contributed by atoms with E-state index in [1.165, 1.54) is 0 Å². The molecule has 0 spiro atoms. The van der Waals surface area contributed by atoms with Crippen molar-refractivity contribution in [3.05, 3.63) is 66.1 Å². The van der Waals surface area contributed by atoms with E-state index in [9.17, 15) is 5.11 Å². The van der Waals surface area contributed by atoms with E-state index in [-0.39, 0.29) is 11.2 Å². The molecule has 0 aliphatic heterocycles. The van der Waals surface area contributed by atoms with Crippen LogP contribution in [0.4, 0.5) is 0 Å². The molecular weight excluding hydrogens is 348 g/mol. The number of aryl methyl sites for hydroxylation is 1. The van der Waals surface area contributed by atoms with Crippen LogP contribution < -0.4 is 0 Å². The second kappa shape index (κ2) is 6.79. The molecule has 0 fully saturated rings. The predicted octanol–water partition coefficient (Wildman–Crippen LogP) is 6.12. The van der Waals surface area contributed by atoms with Crippen LogP contribution in [0.2, 0.25) is 0 Å². The molecule has 1 heterocycles. The molecule has 0 radical (unpaired) electrons. The van der Waals surface area contributed by atoms with Gasteiger partial charge in [0.2, 0.25) is 11.7 Å². The highest BCUT2D eigenvalue weighted by Crippen LogP contribution is 2.43. The lowest BCUT2D eigenvalue weighted by molar-refractivity contribution is 0.382. The lowest BCUT2D eigenvalue weighted by Crippen LogP contribution is -2.11. The number of hydrogen-bond acceptors (Lipinski definition) is 4. The van der Waals surface area contributed by atoms with Crippen LogP contribution in [0, 0.1) is 0 Å². The first-order valence-electron chi connectivity index (χ1n) is 9.57. The van der Waals surface area contributed by atoms with E-state index < -0.39 is 0 Å². The fourth-order valence-corrected chi connectivity index (χ4v) is 3.41. The molecule has 0 saturated carbocycles. The van der Waals surface area contributed by atoms with Gasteiger partial charge in [-0.2, -0.15) is 4.98 Å². The zero-order valence-corrected chi connectivity index (χ0v) is 16.7. The number of hydrogen-bond donors (Lipinski definition) is 1. The van der Waals surface area contributed by atoms with Crippen molar-refractivity contribution in [2.45, 2.75) is 39.5 Å². The van der Waals surface area contributed by atoms with Crippen LogP contribution in [-0.4, -0.2) is 15.2 Å². The van der Waals surface area contributed by atoms with Crippen molar-refractivity contribution in [3.8, 4) is 28.3 Å². The van der Waals surface area contributed by atoms with Gasteiger partial charge in [-0.3, -0.25) is 0 Å². The van der Waals surface area contributed by atoms with Crippen LogP contribution >= 0.6 is 0 Å². The molecular formula is C24H24N2O2. The van der Waals surface area contributed by atoms with Gasteiger partial charge in [0.25, 0.3) is 0 Å². The number of rotatable bonds is 3. The Morgan fingerprint density at radius 1 is 0.929 bits per heavy atom. The molecule has 0 amide bonds. The fraction of sp³-hybridized carbons (Fsp3) is 0.250. The summed E-state index contributed by atoms with van der Waals surface area (Å²) in [6, 6.07) is 18.4. The van der Waals surface area contributed by atoms with Crippen LogP contribution in [0.1, 0.15) is 39.1 Å². The molecule has 142 valence electrons. The molecule has 4 heteroatoms. The van der Waals surface area contributed by atoms with Crippen LogP contribution in [0.25, 0.3) is 33.3 Å².